The number of para-hydroxylation sites is 2. The first-order valence-electron chi connectivity index (χ1n) is 9.07. The lowest BCUT2D eigenvalue weighted by molar-refractivity contribution is 0.413. The van der Waals surface area contributed by atoms with Crippen molar-refractivity contribution in [1.82, 2.24) is 20.2 Å². The average Bonchev–Trinajstić information content (AvgIpc) is 3.17. The van der Waals surface area contributed by atoms with Crippen molar-refractivity contribution in [3.8, 4) is 5.75 Å². The fourth-order valence-corrected chi connectivity index (χ4v) is 4.71. The molecule has 1 aliphatic rings. The summed E-state index contributed by atoms with van der Waals surface area (Å²) in [4.78, 5) is 24.0. The Balaban J connectivity index is 1.43. The summed E-state index contributed by atoms with van der Waals surface area (Å²) in [7, 11) is 1.68. The van der Waals surface area contributed by atoms with Crippen LogP contribution in [0.4, 0.5) is 16.8 Å². The maximum atomic E-state index is 12.1. The highest BCUT2D eigenvalue weighted by atomic mass is 32.2. The highest BCUT2D eigenvalue weighted by Crippen LogP contribution is 2.29. The topological polar surface area (TPSA) is 113 Å². The van der Waals surface area contributed by atoms with Crippen LogP contribution in [0, 0.1) is 0 Å². The van der Waals surface area contributed by atoms with Crippen LogP contribution in [-0.4, -0.2) is 53.5 Å². The van der Waals surface area contributed by atoms with Crippen molar-refractivity contribution in [3.05, 3.63) is 46.4 Å². The van der Waals surface area contributed by atoms with Gasteiger partial charge in [-0.05, 0) is 12.1 Å². The largest absolute Gasteiger partial charge is 0.495 e. The fourth-order valence-electron chi connectivity index (χ4n) is 3.18. The number of ether oxygens (including phenoxy) is 1. The van der Waals surface area contributed by atoms with Crippen molar-refractivity contribution in [2.45, 2.75) is 10.1 Å². The Morgan fingerprint density at radius 2 is 1.97 bits per heavy atom. The summed E-state index contributed by atoms with van der Waals surface area (Å²) in [6, 6.07) is 9.52. The Morgan fingerprint density at radius 1 is 1.21 bits per heavy atom. The smallest absolute Gasteiger partial charge is 0.252 e. The molecular weight excluding hydrogens is 410 g/mol. The van der Waals surface area contributed by atoms with E-state index in [9.17, 15) is 4.79 Å². The van der Waals surface area contributed by atoms with Gasteiger partial charge in [0.05, 0.1) is 18.5 Å². The molecule has 0 aliphatic carbocycles. The zero-order valence-corrected chi connectivity index (χ0v) is 17.5. The average molecular weight is 432 g/mol. The van der Waals surface area contributed by atoms with Crippen LogP contribution in [0.2, 0.25) is 0 Å². The third-order valence-electron chi connectivity index (χ3n) is 4.55. The van der Waals surface area contributed by atoms with Crippen molar-refractivity contribution in [2.24, 2.45) is 0 Å². The monoisotopic (exact) mass is 431 g/mol. The van der Waals surface area contributed by atoms with Crippen LogP contribution < -0.4 is 25.8 Å². The van der Waals surface area contributed by atoms with E-state index in [1.165, 1.54) is 29.2 Å². The molecule has 2 aromatic heterocycles. The number of aromatic nitrogens is 4. The second-order valence-electron chi connectivity index (χ2n) is 6.40. The van der Waals surface area contributed by atoms with Gasteiger partial charge in [-0.1, -0.05) is 35.2 Å². The molecule has 0 unspecified atom stereocenters. The van der Waals surface area contributed by atoms with Gasteiger partial charge in [0.25, 0.3) is 5.56 Å². The van der Waals surface area contributed by atoms with E-state index in [1.54, 1.807) is 7.11 Å². The van der Waals surface area contributed by atoms with Gasteiger partial charge in [-0.2, -0.15) is 0 Å². The molecule has 1 aliphatic heterocycles. The molecule has 0 radical (unpaired) electrons. The predicted molar refractivity (Wildman–Crippen MR) is 116 cm³/mol. The number of nitrogens with two attached hydrogens (primary N) is 1. The summed E-state index contributed by atoms with van der Waals surface area (Å²) in [6.45, 7) is 3.13. The Hall–Kier alpha value is -2.79. The molecule has 152 valence electrons. The van der Waals surface area contributed by atoms with E-state index in [-0.39, 0.29) is 5.56 Å². The predicted octanol–water partition coefficient (Wildman–Crippen LogP) is 1.83. The maximum absolute atomic E-state index is 12.1. The normalized spacial score (nSPS) is 14.2. The lowest BCUT2D eigenvalue weighted by Gasteiger charge is -2.36. The molecule has 0 atom stereocenters. The van der Waals surface area contributed by atoms with E-state index >= 15 is 0 Å². The minimum Gasteiger partial charge on any atom is -0.495 e. The summed E-state index contributed by atoms with van der Waals surface area (Å²) in [5.74, 6) is 2.00. The van der Waals surface area contributed by atoms with Gasteiger partial charge in [0.1, 0.15) is 5.75 Å². The summed E-state index contributed by atoms with van der Waals surface area (Å²) in [6.07, 6.45) is 0. The Bertz CT molecular complexity index is 1030. The fraction of sp³-hybridized carbons (Fsp3) is 0.333. The third kappa shape index (κ3) is 4.62. The molecule has 0 spiro atoms. The molecule has 0 amide bonds. The number of aromatic amines is 1. The number of nitrogen functional groups attached to an aromatic ring is 1. The molecule has 1 saturated heterocycles. The lowest BCUT2D eigenvalue weighted by Crippen LogP contribution is -2.47. The molecule has 0 saturated carbocycles. The van der Waals surface area contributed by atoms with Crippen LogP contribution in [0.25, 0.3) is 0 Å². The number of hydrogen-bond donors (Lipinski definition) is 2. The van der Waals surface area contributed by atoms with Gasteiger partial charge >= 0.3 is 0 Å². The summed E-state index contributed by atoms with van der Waals surface area (Å²) in [5.41, 5.74) is 7.23. The van der Waals surface area contributed by atoms with Crippen molar-refractivity contribution < 1.29 is 4.74 Å². The van der Waals surface area contributed by atoms with Crippen molar-refractivity contribution in [3.63, 3.8) is 0 Å². The number of nitrogens with one attached hydrogen (secondary N) is 1. The second kappa shape index (κ2) is 8.70. The second-order valence-corrected chi connectivity index (χ2v) is 8.63. The molecule has 0 bridgehead atoms. The molecule has 29 heavy (non-hydrogen) atoms. The van der Waals surface area contributed by atoms with E-state index in [2.05, 4.69) is 36.0 Å². The van der Waals surface area contributed by atoms with E-state index < -0.39 is 0 Å². The molecule has 1 aromatic carbocycles. The number of nitrogens with zero attached hydrogens (tertiary/aromatic N) is 5. The van der Waals surface area contributed by atoms with E-state index in [0.717, 1.165) is 42.0 Å². The summed E-state index contributed by atoms with van der Waals surface area (Å²) < 4.78 is 6.23. The number of piperazine rings is 1. The Morgan fingerprint density at radius 3 is 2.69 bits per heavy atom. The van der Waals surface area contributed by atoms with Crippen LogP contribution in [0.3, 0.4) is 0 Å². The van der Waals surface area contributed by atoms with Gasteiger partial charge in [-0.25, -0.2) is 4.98 Å². The van der Waals surface area contributed by atoms with Gasteiger partial charge < -0.3 is 20.3 Å². The molecule has 1 fully saturated rings. The highest BCUT2D eigenvalue weighted by Gasteiger charge is 2.21. The molecular formula is C18H21N7O2S2. The quantitative estimate of drug-likeness (QED) is 0.564. The number of rotatable bonds is 6. The molecule has 3 heterocycles. The number of methoxy groups -OCH3 is 1. The minimum absolute atomic E-state index is 0.158. The SMILES string of the molecule is COc1ccccc1N1CCN(c2nc(CSc3nnc(N)s3)cc(=O)[nH]2)CC1. The van der Waals surface area contributed by atoms with Crippen LogP contribution in [0.15, 0.2) is 39.5 Å². The van der Waals surface area contributed by atoms with Gasteiger partial charge in [0, 0.05) is 38.0 Å². The third-order valence-corrected chi connectivity index (χ3v) is 6.47. The van der Waals surface area contributed by atoms with Crippen LogP contribution >= 0.6 is 23.1 Å². The van der Waals surface area contributed by atoms with Gasteiger partial charge in [0.2, 0.25) is 11.1 Å². The highest BCUT2D eigenvalue weighted by molar-refractivity contribution is 8.00. The van der Waals surface area contributed by atoms with E-state index in [0.29, 0.717) is 22.5 Å². The zero-order valence-electron chi connectivity index (χ0n) is 15.9. The number of anilines is 3. The molecule has 3 N–H and O–H groups in total. The Kier molecular flexibility index (Phi) is 5.86. The Labute approximate surface area is 175 Å². The van der Waals surface area contributed by atoms with Gasteiger partial charge in [-0.3, -0.25) is 9.78 Å². The molecule has 3 aromatic rings. The minimum atomic E-state index is -0.158. The standard InChI is InChI=1S/C18H21N7O2S2/c1-27-14-5-3-2-4-13(14)24-6-8-25(9-7-24)17-20-12(10-15(26)21-17)11-28-18-23-22-16(19)29-18/h2-5,10H,6-9,11H2,1H3,(H2,19,22)(H,20,21,26). The first-order valence-corrected chi connectivity index (χ1v) is 10.9. The van der Waals surface area contributed by atoms with Crippen molar-refractivity contribution in [1.29, 1.82) is 0 Å². The molecule has 4 rings (SSSR count). The van der Waals surface area contributed by atoms with Gasteiger partial charge in [0.15, 0.2) is 4.34 Å². The van der Waals surface area contributed by atoms with Crippen LogP contribution in [0.1, 0.15) is 5.69 Å². The zero-order chi connectivity index (χ0) is 20.2. The van der Waals surface area contributed by atoms with Crippen molar-refractivity contribution >= 4 is 39.9 Å². The van der Waals surface area contributed by atoms with E-state index in [1.807, 2.05) is 18.2 Å². The lowest BCUT2D eigenvalue weighted by atomic mass is 10.2. The number of hydrogen-bond acceptors (Lipinski definition) is 10. The number of thioether (sulfide) groups is 1. The first-order chi connectivity index (χ1) is 14.1. The van der Waals surface area contributed by atoms with Crippen LogP contribution in [0.5, 0.6) is 5.75 Å². The summed E-state index contributed by atoms with van der Waals surface area (Å²) in [5, 5.41) is 8.21. The van der Waals surface area contributed by atoms with E-state index in [4.69, 9.17) is 10.5 Å². The number of benzene rings is 1. The van der Waals surface area contributed by atoms with Crippen molar-refractivity contribution in [2.75, 3.05) is 48.8 Å². The van der Waals surface area contributed by atoms with Gasteiger partial charge in [-0.15, -0.1) is 10.2 Å². The van der Waals surface area contributed by atoms with Crippen LogP contribution in [-0.2, 0) is 5.75 Å². The summed E-state index contributed by atoms with van der Waals surface area (Å²) >= 11 is 2.79. The maximum Gasteiger partial charge on any atom is 0.252 e. The molecule has 11 heteroatoms. The number of H-pyrrole nitrogens is 1. The molecule has 9 nitrogen and oxygen atoms in total. The first kappa shape index (κ1) is 19.5.